The summed E-state index contributed by atoms with van der Waals surface area (Å²) in [6.07, 6.45) is 5.38. The van der Waals surface area contributed by atoms with E-state index in [9.17, 15) is 0 Å². The summed E-state index contributed by atoms with van der Waals surface area (Å²) in [5.41, 5.74) is 0. The lowest BCUT2D eigenvalue weighted by Gasteiger charge is -2.38. The van der Waals surface area contributed by atoms with Gasteiger partial charge in [-0.25, -0.2) is 0 Å². The summed E-state index contributed by atoms with van der Waals surface area (Å²) in [4.78, 5) is 10.2. The van der Waals surface area contributed by atoms with E-state index in [2.05, 4.69) is 47.0 Å². The molecule has 0 saturated carbocycles. The van der Waals surface area contributed by atoms with Crippen molar-refractivity contribution in [3.05, 3.63) is 6.67 Å². The Morgan fingerprint density at radius 1 is 0.955 bits per heavy atom. The molecular weight excluding hydrogens is 272 g/mol. The number of nitrogens with zero attached hydrogens (tertiary/aromatic N) is 4. The van der Waals surface area contributed by atoms with Crippen LogP contribution in [0.2, 0.25) is 0 Å². The molecule has 0 aromatic carbocycles. The maximum atomic E-state index is 3.66. The van der Waals surface area contributed by atoms with Gasteiger partial charge in [0.1, 0.15) is 6.67 Å². The van der Waals surface area contributed by atoms with Crippen molar-refractivity contribution in [1.29, 1.82) is 0 Å². The Morgan fingerprint density at radius 3 is 2.36 bits per heavy atom. The van der Waals surface area contributed by atoms with E-state index in [1.807, 2.05) is 0 Å². The molecule has 0 amide bonds. The van der Waals surface area contributed by atoms with Gasteiger partial charge in [-0.2, -0.15) is 0 Å². The molecule has 0 bridgehead atoms. The van der Waals surface area contributed by atoms with Crippen molar-refractivity contribution in [3.63, 3.8) is 0 Å². The van der Waals surface area contributed by atoms with E-state index in [1.165, 1.54) is 65.0 Å². The molecule has 0 aromatic rings. The molecule has 22 heavy (non-hydrogen) atoms. The fourth-order valence-corrected chi connectivity index (χ4v) is 4.22. The van der Waals surface area contributed by atoms with Crippen LogP contribution in [0.5, 0.6) is 0 Å². The van der Waals surface area contributed by atoms with Crippen LogP contribution in [-0.4, -0.2) is 83.5 Å². The van der Waals surface area contributed by atoms with Gasteiger partial charge >= 0.3 is 0 Å². The number of hydrogen-bond acceptors (Lipinski definition) is 4. The van der Waals surface area contributed by atoms with Crippen LogP contribution in [-0.2, 0) is 0 Å². The van der Waals surface area contributed by atoms with Crippen molar-refractivity contribution in [3.8, 4) is 0 Å². The zero-order chi connectivity index (χ0) is 15.5. The second-order valence-electron chi connectivity index (χ2n) is 7.67. The first kappa shape index (κ1) is 16.7. The third kappa shape index (κ3) is 4.02. The highest BCUT2D eigenvalue weighted by Crippen LogP contribution is 2.23. The average molecular weight is 306 g/mol. The van der Waals surface area contributed by atoms with E-state index in [-0.39, 0.29) is 0 Å². The Morgan fingerprint density at radius 2 is 1.73 bits per heavy atom. The fraction of sp³-hybridized carbons (Fsp3) is 0.944. The lowest BCUT2D eigenvalue weighted by atomic mass is 10.0. The quantitative estimate of drug-likeness (QED) is 0.770. The van der Waals surface area contributed by atoms with Crippen LogP contribution in [0.4, 0.5) is 0 Å². The molecule has 3 aliphatic heterocycles. The molecule has 0 N–H and O–H groups in total. The molecule has 3 fully saturated rings. The molecule has 0 spiro atoms. The van der Waals surface area contributed by atoms with Crippen molar-refractivity contribution >= 4 is 0 Å². The molecule has 0 aromatic heterocycles. The lowest BCUT2D eigenvalue weighted by molar-refractivity contribution is 0.113. The van der Waals surface area contributed by atoms with Gasteiger partial charge in [-0.3, -0.25) is 14.7 Å². The SMILES string of the molecule is CC(C)N1CCC(N2[C]N(CCN3CCC[C@H]3C)CC2)CC1. The Labute approximate surface area is 137 Å². The second-order valence-corrected chi connectivity index (χ2v) is 7.67. The summed E-state index contributed by atoms with van der Waals surface area (Å²) in [5.74, 6) is 0. The molecule has 0 aliphatic carbocycles. The highest BCUT2D eigenvalue weighted by atomic mass is 15.4. The molecule has 4 heteroatoms. The number of rotatable bonds is 5. The number of piperidine rings is 1. The third-order valence-electron chi connectivity index (χ3n) is 5.90. The molecule has 3 rings (SSSR count). The van der Waals surface area contributed by atoms with Crippen molar-refractivity contribution in [2.45, 2.75) is 64.6 Å². The highest BCUT2D eigenvalue weighted by molar-refractivity contribution is 4.90. The maximum absolute atomic E-state index is 3.66. The minimum atomic E-state index is 0.700. The van der Waals surface area contributed by atoms with Gasteiger partial charge in [0.25, 0.3) is 0 Å². The molecule has 0 unspecified atom stereocenters. The smallest absolute Gasteiger partial charge is 0.146 e. The second kappa shape index (κ2) is 7.61. The summed E-state index contributed by atoms with van der Waals surface area (Å²) in [6.45, 7) is 19.2. The molecule has 1 atom stereocenters. The number of hydrogen-bond donors (Lipinski definition) is 0. The normalized spacial score (nSPS) is 30.8. The minimum absolute atomic E-state index is 0.700. The fourth-order valence-electron chi connectivity index (χ4n) is 4.22. The molecule has 3 saturated heterocycles. The van der Waals surface area contributed by atoms with Crippen molar-refractivity contribution in [2.75, 3.05) is 45.8 Å². The summed E-state index contributed by atoms with van der Waals surface area (Å²) in [5, 5.41) is 0. The largest absolute Gasteiger partial charge is 0.301 e. The van der Waals surface area contributed by atoms with Gasteiger partial charge in [-0.15, -0.1) is 0 Å². The van der Waals surface area contributed by atoms with Gasteiger partial charge in [-0.05, 0) is 66.1 Å². The van der Waals surface area contributed by atoms with E-state index < -0.39 is 0 Å². The summed E-state index contributed by atoms with van der Waals surface area (Å²) in [6, 6.07) is 2.22. The molecular formula is C18H34N4. The predicted molar refractivity (Wildman–Crippen MR) is 91.5 cm³/mol. The van der Waals surface area contributed by atoms with Gasteiger partial charge in [0.2, 0.25) is 0 Å². The van der Waals surface area contributed by atoms with E-state index >= 15 is 0 Å². The van der Waals surface area contributed by atoms with E-state index in [0.717, 1.165) is 18.6 Å². The molecule has 3 heterocycles. The van der Waals surface area contributed by atoms with Crippen LogP contribution < -0.4 is 0 Å². The standard InChI is InChI=1S/C18H34N4/c1-16(2)20-9-6-18(7-10-20)22-14-12-19(15-22)11-13-21-8-4-5-17(21)3/h16-18H,4-14H2,1-3H3/t17-/m1/s1. The lowest BCUT2D eigenvalue weighted by Crippen LogP contribution is -2.45. The van der Waals surface area contributed by atoms with Crippen LogP contribution in [0.1, 0.15) is 46.5 Å². The molecule has 126 valence electrons. The summed E-state index contributed by atoms with van der Waals surface area (Å²) in [7, 11) is 0. The first-order valence-corrected chi connectivity index (χ1v) is 9.39. The third-order valence-corrected chi connectivity index (χ3v) is 5.90. The van der Waals surface area contributed by atoms with E-state index in [1.54, 1.807) is 0 Å². The molecule has 4 nitrogen and oxygen atoms in total. The van der Waals surface area contributed by atoms with Crippen LogP contribution >= 0.6 is 0 Å². The van der Waals surface area contributed by atoms with Crippen LogP contribution in [0.15, 0.2) is 0 Å². The average Bonchev–Trinajstić information content (AvgIpc) is 3.14. The zero-order valence-corrected chi connectivity index (χ0v) is 14.8. The molecule has 2 radical (unpaired) electrons. The predicted octanol–water partition coefficient (Wildman–Crippen LogP) is 1.96. The Hall–Kier alpha value is -0.160. The van der Waals surface area contributed by atoms with Gasteiger partial charge < -0.3 is 4.90 Å². The van der Waals surface area contributed by atoms with Crippen LogP contribution in [0.25, 0.3) is 0 Å². The summed E-state index contributed by atoms with van der Waals surface area (Å²) >= 11 is 0. The van der Waals surface area contributed by atoms with E-state index in [0.29, 0.717) is 6.04 Å². The van der Waals surface area contributed by atoms with Crippen LogP contribution in [0, 0.1) is 6.67 Å². The van der Waals surface area contributed by atoms with Gasteiger partial charge in [0.05, 0.1) is 0 Å². The van der Waals surface area contributed by atoms with Gasteiger partial charge in [-0.1, -0.05) is 0 Å². The maximum Gasteiger partial charge on any atom is 0.146 e. The zero-order valence-electron chi connectivity index (χ0n) is 14.8. The highest BCUT2D eigenvalue weighted by Gasteiger charge is 2.31. The first-order valence-electron chi connectivity index (χ1n) is 9.39. The Balaban J connectivity index is 1.37. The monoisotopic (exact) mass is 306 g/mol. The Bertz CT molecular complexity index is 338. The topological polar surface area (TPSA) is 13.0 Å². The van der Waals surface area contributed by atoms with Crippen molar-refractivity contribution in [2.24, 2.45) is 0 Å². The van der Waals surface area contributed by atoms with Crippen molar-refractivity contribution in [1.82, 2.24) is 19.6 Å². The van der Waals surface area contributed by atoms with E-state index in [4.69, 9.17) is 0 Å². The van der Waals surface area contributed by atoms with Gasteiger partial charge in [0, 0.05) is 44.3 Å². The Kier molecular flexibility index (Phi) is 5.77. The molecule has 3 aliphatic rings. The first-order chi connectivity index (χ1) is 10.6. The number of likely N-dealkylation sites (tertiary alicyclic amines) is 2. The minimum Gasteiger partial charge on any atom is -0.301 e. The van der Waals surface area contributed by atoms with Gasteiger partial charge in [0.15, 0.2) is 0 Å². The van der Waals surface area contributed by atoms with Crippen molar-refractivity contribution < 1.29 is 0 Å². The van der Waals surface area contributed by atoms with Crippen LogP contribution in [0.3, 0.4) is 0 Å². The summed E-state index contributed by atoms with van der Waals surface area (Å²) < 4.78 is 0.